The molecule has 1 N–H and O–H groups in total. The lowest BCUT2D eigenvalue weighted by molar-refractivity contribution is 0.103. The summed E-state index contributed by atoms with van der Waals surface area (Å²) in [7, 11) is -2.89. The number of ketones is 1. The Morgan fingerprint density at radius 1 is 0.963 bits per heavy atom. The first-order valence-corrected chi connectivity index (χ1v) is 9.46. The highest BCUT2D eigenvalue weighted by Crippen LogP contribution is 2.28. The summed E-state index contributed by atoms with van der Waals surface area (Å²) in [6.07, 6.45) is 0. The third-order valence-corrected chi connectivity index (χ3v) is 5.25. The number of methoxy groups -OCH3 is 1. The van der Waals surface area contributed by atoms with Crippen molar-refractivity contribution in [1.82, 2.24) is 0 Å². The minimum atomic E-state index is -4.18. The maximum atomic E-state index is 13.6. The Balaban J connectivity index is 2.02. The normalized spacial score (nSPS) is 11.0. The van der Waals surface area contributed by atoms with E-state index in [-0.39, 0.29) is 27.7 Å². The molecule has 3 rings (SSSR count). The average Bonchev–Trinajstić information content (AvgIpc) is 2.68. The van der Waals surface area contributed by atoms with Crippen LogP contribution >= 0.6 is 0 Å². The quantitative estimate of drug-likeness (QED) is 0.654. The van der Waals surface area contributed by atoms with E-state index < -0.39 is 15.8 Å². The minimum absolute atomic E-state index is 0.00392. The predicted molar refractivity (Wildman–Crippen MR) is 100 cm³/mol. The Kier molecular flexibility index (Phi) is 5.23. The summed E-state index contributed by atoms with van der Waals surface area (Å²) in [6, 6.07) is 17.9. The van der Waals surface area contributed by atoms with E-state index in [0.717, 1.165) is 12.1 Å². The van der Waals surface area contributed by atoms with Gasteiger partial charge in [0.05, 0.1) is 12.8 Å². The molecule has 138 valence electrons. The lowest BCUT2D eigenvalue weighted by Gasteiger charge is -2.14. The van der Waals surface area contributed by atoms with E-state index in [1.165, 1.54) is 25.3 Å². The smallest absolute Gasteiger partial charge is 0.265 e. The van der Waals surface area contributed by atoms with Crippen LogP contribution < -0.4 is 9.46 Å². The highest BCUT2D eigenvalue weighted by molar-refractivity contribution is 7.92. The first kappa shape index (κ1) is 18.6. The summed E-state index contributed by atoms with van der Waals surface area (Å²) in [4.78, 5) is 12.4. The van der Waals surface area contributed by atoms with Gasteiger partial charge in [-0.05, 0) is 30.3 Å². The number of anilines is 1. The van der Waals surface area contributed by atoms with Crippen LogP contribution in [0.1, 0.15) is 15.9 Å². The second-order valence-electron chi connectivity index (χ2n) is 5.64. The molecule has 3 aromatic carbocycles. The standard InChI is InChI=1S/C20H16FNO4S/c1-26-18-12-11-15(21)13-19(18)27(24,25)22-17-10-6-5-9-16(17)20(23)14-7-3-2-4-8-14/h2-13,22H,1H3. The van der Waals surface area contributed by atoms with Gasteiger partial charge in [0.25, 0.3) is 10.0 Å². The molecule has 0 aliphatic rings. The molecule has 0 fully saturated rings. The van der Waals surface area contributed by atoms with E-state index in [1.807, 2.05) is 0 Å². The molecule has 0 spiro atoms. The Bertz CT molecular complexity index is 1080. The first-order chi connectivity index (χ1) is 12.9. The maximum Gasteiger partial charge on any atom is 0.265 e. The summed E-state index contributed by atoms with van der Waals surface area (Å²) < 4.78 is 46.5. The van der Waals surface area contributed by atoms with Crippen molar-refractivity contribution in [2.75, 3.05) is 11.8 Å². The average molecular weight is 385 g/mol. The van der Waals surface area contributed by atoms with Gasteiger partial charge in [-0.1, -0.05) is 42.5 Å². The van der Waals surface area contributed by atoms with Crippen molar-refractivity contribution in [2.45, 2.75) is 4.90 Å². The number of rotatable bonds is 6. The maximum absolute atomic E-state index is 13.6. The summed E-state index contributed by atoms with van der Waals surface area (Å²) >= 11 is 0. The number of hydrogen-bond acceptors (Lipinski definition) is 4. The third-order valence-electron chi connectivity index (χ3n) is 3.87. The van der Waals surface area contributed by atoms with Crippen molar-refractivity contribution >= 4 is 21.5 Å². The molecule has 0 saturated heterocycles. The molecule has 0 saturated carbocycles. The fraction of sp³-hybridized carbons (Fsp3) is 0.0500. The molecule has 5 nitrogen and oxygen atoms in total. The third kappa shape index (κ3) is 3.98. The van der Waals surface area contributed by atoms with Gasteiger partial charge in [0.15, 0.2) is 5.78 Å². The minimum Gasteiger partial charge on any atom is -0.495 e. The molecule has 0 atom stereocenters. The monoisotopic (exact) mass is 385 g/mol. The lowest BCUT2D eigenvalue weighted by atomic mass is 10.0. The van der Waals surface area contributed by atoms with Crippen LogP contribution in [0.3, 0.4) is 0 Å². The SMILES string of the molecule is COc1ccc(F)cc1S(=O)(=O)Nc1ccccc1C(=O)c1ccccc1. The summed E-state index contributed by atoms with van der Waals surface area (Å²) in [5.74, 6) is -1.05. The fourth-order valence-electron chi connectivity index (χ4n) is 2.58. The zero-order valence-corrected chi connectivity index (χ0v) is 15.2. The number of nitrogens with one attached hydrogen (secondary N) is 1. The van der Waals surface area contributed by atoms with Crippen LogP contribution in [0.25, 0.3) is 0 Å². The molecule has 0 aliphatic heterocycles. The highest BCUT2D eigenvalue weighted by Gasteiger charge is 2.23. The summed E-state index contributed by atoms with van der Waals surface area (Å²) in [5.41, 5.74) is 0.702. The van der Waals surface area contributed by atoms with Crippen LogP contribution in [0, 0.1) is 5.82 Å². The number of halogens is 1. The van der Waals surface area contributed by atoms with Crippen LogP contribution in [-0.2, 0) is 10.0 Å². The lowest BCUT2D eigenvalue weighted by Crippen LogP contribution is -2.17. The van der Waals surface area contributed by atoms with Crippen LogP contribution in [0.15, 0.2) is 77.7 Å². The van der Waals surface area contributed by atoms with Crippen molar-refractivity contribution in [1.29, 1.82) is 0 Å². The number of carbonyl (C=O) groups is 1. The van der Waals surface area contributed by atoms with E-state index in [4.69, 9.17) is 4.74 Å². The highest BCUT2D eigenvalue weighted by atomic mass is 32.2. The van der Waals surface area contributed by atoms with Gasteiger partial charge < -0.3 is 4.74 Å². The Hall–Kier alpha value is -3.19. The van der Waals surface area contributed by atoms with E-state index in [9.17, 15) is 17.6 Å². The fourth-order valence-corrected chi connectivity index (χ4v) is 3.84. The molecular formula is C20H16FNO4S. The second kappa shape index (κ2) is 7.59. The van der Waals surface area contributed by atoms with Gasteiger partial charge in [-0.25, -0.2) is 12.8 Å². The van der Waals surface area contributed by atoms with Gasteiger partial charge in [-0.2, -0.15) is 0 Å². The van der Waals surface area contributed by atoms with Crippen LogP contribution in [-0.4, -0.2) is 21.3 Å². The molecule has 0 bridgehead atoms. The summed E-state index contributed by atoms with van der Waals surface area (Å²) in [5, 5.41) is 0. The molecule has 0 aromatic heterocycles. The van der Waals surface area contributed by atoms with Gasteiger partial charge in [0, 0.05) is 11.1 Å². The van der Waals surface area contributed by atoms with Gasteiger partial charge in [-0.3, -0.25) is 9.52 Å². The number of sulfonamides is 1. The first-order valence-electron chi connectivity index (χ1n) is 7.97. The van der Waals surface area contributed by atoms with Gasteiger partial charge in [0.2, 0.25) is 0 Å². The molecule has 0 amide bonds. The van der Waals surface area contributed by atoms with E-state index in [1.54, 1.807) is 42.5 Å². The molecule has 0 aliphatic carbocycles. The largest absolute Gasteiger partial charge is 0.495 e. The molecular weight excluding hydrogens is 369 g/mol. The number of carbonyl (C=O) groups excluding carboxylic acids is 1. The van der Waals surface area contributed by atoms with Crippen molar-refractivity contribution < 1.29 is 22.3 Å². The number of para-hydroxylation sites is 1. The number of ether oxygens (including phenoxy) is 1. The molecule has 0 heterocycles. The van der Waals surface area contributed by atoms with Crippen LogP contribution in [0.5, 0.6) is 5.75 Å². The van der Waals surface area contributed by atoms with E-state index in [2.05, 4.69) is 4.72 Å². The predicted octanol–water partition coefficient (Wildman–Crippen LogP) is 3.87. The molecule has 0 unspecified atom stereocenters. The summed E-state index contributed by atoms with van der Waals surface area (Å²) in [6.45, 7) is 0. The molecule has 27 heavy (non-hydrogen) atoms. The van der Waals surface area contributed by atoms with Crippen LogP contribution in [0.4, 0.5) is 10.1 Å². The topological polar surface area (TPSA) is 72.5 Å². The van der Waals surface area contributed by atoms with Crippen LogP contribution in [0.2, 0.25) is 0 Å². The van der Waals surface area contributed by atoms with Gasteiger partial charge >= 0.3 is 0 Å². The second-order valence-corrected chi connectivity index (χ2v) is 7.29. The number of hydrogen-bond donors (Lipinski definition) is 1. The van der Waals surface area contributed by atoms with Crippen molar-refractivity contribution in [3.05, 3.63) is 89.7 Å². The Morgan fingerprint density at radius 3 is 2.33 bits per heavy atom. The molecule has 0 radical (unpaired) electrons. The van der Waals surface area contributed by atoms with Gasteiger partial charge in [0.1, 0.15) is 16.5 Å². The van der Waals surface area contributed by atoms with Crippen molar-refractivity contribution in [3.63, 3.8) is 0 Å². The zero-order chi connectivity index (χ0) is 19.4. The Morgan fingerprint density at radius 2 is 1.63 bits per heavy atom. The van der Waals surface area contributed by atoms with E-state index in [0.29, 0.717) is 5.56 Å². The van der Waals surface area contributed by atoms with Gasteiger partial charge in [-0.15, -0.1) is 0 Å². The molecule has 3 aromatic rings. The van der Waals surface area contributed by atoms with E-state index >= 15 is 0 Å². The number of benzene rings is 3. The van der Waals surface area contributed by atoms with Crippen molar-refractivity contribution in [3.8, 4) is 5.75 Å². The molecule has 7 heteroatoms. The zero-order valence-electron chi connectivity index (χ0n) is 14.3. The van der Waals surface area contributed by atoms with Crippen molar-refractivity contribution in [2.24, 2.45) is 0 Å². The Labute approximate surface area is 156 Å².